The average molecular weight is 352 g/mol. The van der Waals surface area contributed by atoms with Crippen LogP contribution in [0.3, 0.4) is 0 Å². The van der Waals surface area contributed by atoms with Crippen molar-refractivity contribution >= 4 is 28.8 Å². The van der Waals surface area contributed by atoms with Crippen LogP contribution in [0.1, 0.15) is 45.4 Å². The molecule has 4 aliphatic carbocycles. The lowest BCUT2D eigenvalue weighted by Gasteiger charge is -2.61. The lowest BCUT2D eigenvalue weighted by atomic mass is 9.46. The number of fused-ring (bicyclic) bond motifs is 1. The van der Waals surface area contributed by atoms with Crippen LogP contribution in [0.15, 0.2) is 24.3 Å². The van der Waals surface area contributed by atoms with Gasteiger partial charge in [0.15, 0.2) is 0 Å². The van der Waals surface area contributed by atoms with Crippen LogP contribution < -0.4 is 10.6 Å². The van der Waals surface area contributed by atoms with Crippen molar-refractivity contribution < 1.29 is 9.59 Å². The fraction of sp³-hybridized carbons (Fsp3) is 0.550. The van der Waals surface area contributed by atoms with E-state index in [1.54, 1.807) is 6.92 Å². The largest absolute Gasteiger partial charge is 0.351 e. The number of aromatic nitrogens is 2. The van der Waals surface area contributed by atoms with Gasteiger partial charge in [0.05, 0.1) is 16.4 Å². The number of nitrogens with zero attached hydrogens (tertiary/aromatic N) is 1. The van der Waals surface area contributed by atoms with Crippen LogP contribution in [0.5, 0.6) is 0 Å². The van der Waals surface area contributed by atoms with Gasteiger partial charge in [0.1, 0.15) is 0 Å². The van der Waals surface area contributed by atoms with Crippen LogP contribution in [0.25, 0.3) is 11.0 Å². The Morgan fingerprint density at radius 1 is 1.15 bits per heavy atom. The van der Waals surface area contributed by atoms with Gasteiger partial charge < -0.3 is 10.3 Å². The molecular weight excluding hydrogens is 328 g/mol. The molecule has 0 saturated heterocycles. The molecular formula is C20H24N4O2. The van der Waals surface area contributed by atoms with Gasteiger partial charge in [-0.1, -0.05) is 12.1 Å². The molecule has 6 rings (SSSR count). The van der Waals surface area contributed by atoms with Crippen molar-refractivity contribution in [3.05, 3.63) is 24.3 Å². The maximum absolute atomic E-state index is 13.3. The highest BCUT2D eigenvalue weighted by molar-refractivity contribution is 5.95. The highest BCUT2D eigenvalue weighted by Crippen LogP contribution is 2.61. The quantitative estimate of drug-likeness (QED) is 0.794. The maximum atomic E-state index is 13.3. The number of amides is 2. The molecule has 4 aliphatic rings. The second kappa shape index (κ2) is 5.32. The van der Waals surface area contributed by atoms with E-state index in [0.29, 0.717) is 17.8 Å². The molecule has 6 nitrogen and oxygen atoms in total. The van der Waals surface area contributed by atoms with E-state index in [1.165, 1.54) is 6.42 Å². The van der Waals surface area contributed by atoms with E-state index in [1.807, 2.05) is 24.3 Å². The molecule has 1 heterocycles. The van der Waals surface area contributed by atoms with Crippen molar-refractivity contribution in [2.24, 2.45) is 17.3 Å². The molecule has 26 heavy (non-hydrogen) atoms. The lowest BCUT2D eigenvalue weighted by Crippen LogP contribution is -2.65. The predicted molar refractivity (Wildman–Crippen MR) is 98.4 cm³/mol. The van der Waals surface area contributed by atoms with Gasteiger partial charge >= 0.3 is 0 Å². The monoisotopic (exact) mass is 352 g/mol. The number of H-pyrrole nitrogens is 1. The number of benzene rings is 1. The molecule has 2 atom stereocenters. The summed E-state index contributed by atoms with van der Waals surface area (Å²) in [4.78, 5) is 32.7. The number of rotatable bonds is 3. The van der Waals surface area contributed by atoms with Crippen LogP contribution in [0.2, 0.25) is 0 Å². The van der Waals surface area contributed by atoms with Crippen LogP contribution in [0, 0.1) is 17.3 Å². The third-order valence-electron chi connectivity index (χ3n) is 6.61. The molecule has 3 N–H and O–H groups in total. The minimum atomic E-state index is -0.383. The molecule has 1 aromatic heterocycles. The third-order valence-corrected chi connectivity index (χ3v) is 6.61. The number of anilines is 1. The van der Waals surface area contributed by atoms with Crippen molar-refractivity contribution in [2.45, 2.75) is 51.0 Å². The number of para-hydroxylation sites is 2. The molecule has 2 unspecified atom stereocenters. The van der Waals surface area contributed by atoms with Gasteiger partial charge in [0, 0.05) is 12.5 Å². The first-order valence-corrected chi connectivity index (χ1v) is 9.50. The predicted octanol–water partition coefficient (Wildman–Crippen LogP) is 2.98. The zero-order chi connectivity index (χ0) is 17.9. The summed E-state index contributed by atoms with van der Waals surface area (Å²) in [5.74, 6) is 1.65. The molecule has 2 amide bonds. The van der Waals surface area contributed by atoms with E-state index in [4.69, 9.17) is 0 Å². The Hall–Kier alpha value is -2.37. The van der Waals surface area contributed by atoms with Crippen molar-refractivity contribution in [1.29, 1.82) is 0 Å². The summed E-state index contributed by atoms with van der Waals surface area (Å²) in [6.45, 7) is 1.58. The summed E-state index contributed by atoms with van der Waals surface area (Å²) in [5, 5.41) is 6.25. The highest BCUT2D eigenvalue weighted by Gasteiger charge is 2.60. The van der Waals surface area contributed by atoms with Crippen LogP contribution >= 0.6 is 0 Å². The van der Waals surface area contributed by atoms with Gasteiger partial charge in [0.2, 0.25) is 17.8 Å². The van der Waals surface area contributed by atoms with E-state index >= 15 is 0 Å². The number of carbonyl (C=O) groups excluding carboxylic acids is 2. The maximum Gasteiger partial charge on any atom is 0.233 e. The summed E-state index contributed by atoms with van der Waals surface area (Å²) < 4.78 is 0. The number of hydrogen-bond donors (Lipinski definition) is 3. The van der Waals surface area contributed by atoms with Gasteiger partial charge in [-0.2, -0.15) is 0 Å². The van der Waals surface area contributed by atoms with E-state index in [-0.39, 0.29) is 22.8 Å². The minimum Gasteiger partial charge on any atom is -0.351 e. The van der Waals surface area contributed by atoms with Gasteiger partial charge in [-0.15, -0.1) is 0 Å². The first-order valence-electron chi connectivity index (χ1n) is 9.50. The van der Waals surface area contributed by atoms with Crippen molar-refractivity contribution in [1.82, 2.24) is 15.3 Å². The molecule has 0 radical (unpaired) electrons. The molecule has 0 spiro atoms. The fourth-order valence-electron chi connectivity index (χ4n) is 6.30. The SMILES string of the molecule is CC(=O)NC12CC3CC(C1)CC(C(=O)Nc1nc4ccccc4[nH]1)(C3)C2. The first kappa shape index (κ1) is 15.9. The van der Waals surface area contributed by atoms with Gasteiger partial charge in [0.25, 0.3) is 0 Å². The number of carbonyl (C=O) groups is 2. The van der Waals surface area contributed by atoms with Crippen LogP contribution in [-0.4, -0.2) is 27.3 Å². The Morgan fingerprint density at radius 3 is 2.58 bits per heavy atom. The third kappa shape index (κ3) is 2.42. The molecule has 4 saturated carbocycles. The Morgan fingerprint density at radius 2 is 1.88 bits per heavy atom. The number of nitrogens with one attached hydrogen (secondary N) is 3. The Balaban J connectivity index is 1.43. The molecule has 136 valence electrons. The van der Waals surface area contributed by atoms with Crippen molar-refractivity contribution in [3.8, 4) is 0 Å². The van der Waals surface area contributed by atoms with Gasteiger partial charge in [-0.3, -0.25) is 14.9 Å². The minimum absolute atomic E-state index is 0.0137. The number of hydrogen-bond acceptors (Lipinski definition) is 3. The fourth-order valence-corrected chi connectivity index (χ4v) is 6.30. The molecule has 4 bridgehead atoms. The van der Waals surface area contributed by atoms with Crippen molar-refractivity contribution in [3.63, 3.8) is 0 Å². The van der Waals surface area contributed by atoms with E-state index < -0.39 is 0 Å². The molecule has 0 aliphatic heterocycles. The smallest absolute Gasteiger partial charge is 0.233 e. The molecule has 6 heteroatoms. The standard InChI is InChI=1S/C20H24N4O2/c1-12(25)24-20-9-13-6-14(10-20)8-19(7-13,11-20)17(26)23-18-21-15-4-2-3-5-16(15)22-18/h2-5,13-14H,6-11H2,1H3,(H,24,25)(H2,21,22,23,26). The molecule has 4 fully saturated rings. The first-order chi connectivity index (χ1) is 12.5. The van der Waals surface area contributed by atoms with Crippen molar-refractivity contribution in [2.75, 3.05) is 5.32 Å². The summed E-state index contributed by atoms with van der Waals surface area (Å²) in [6.07, 6.45) is 5.83. The lowest BCUT2D eigenvalue weighted by molar-refractivity contribution is -0.148. The summed E-state index contributed by atoms with van der Waals surface area (Å²) in [7, 11) is 0. The van der Waals surface area contributed by atoms with E-state index in [0.717, 1.165) is 43.1 Å². The zero-order valence-electron chi connectivity index (χ0n) is 15.0. The van der Waals surface area contributed by atoms with Crippen LogP contribution in [-0.2, 0) is 9.59 Å². The summed E-state index contributed by atoms with van der Waals surface area (Å²) in [5.41, 5.74) is 1.19. The van der Waals surface area contributed by atoms with Gasteiger partial charge in [-0.05, 0) is 62.5 Å². The topological polar surface area (TPSA) is 86.9 Å². The normalized spacial score (nSPS) is 34.8. The molecule has 2 aromatic rings. The molecule has 1 aromatic carbocycles. The Kier molecular flexibility index (Phi) is 3.24. The summed E-state index contributed by atoms with van der Waals surface area (Å²) >= 11 is 0. The van der Waals surface area contributed by atoms with Crippen LogP contribution in [0.4, 0.5) is 5.95 Å². The van der Waals surface area contributed by atoms with Gasteiger partial charge in [-0.25, -0.2) is 4.98 Å². The highest BCUT2D eigenvalue weighted by atomic mass is 16.2. The second-order valence-electron chi connectivity index (χ2n) is 8.76. The van der Waals surface area contributed by atoms with E-state index in [2.05, 4.69) is 20.6 Å². The Labute approximate surface area is 152 Å². The summed E-state index contributed by atoms with van der Waals surface area (Å²) in [6, 6.07) is 7.76. The second-order valence-corrected chi connectivity index (χ2v) is 8.76. The average Bonchev–Trinajstić information content (AvgIpc) is 2.94. The zero-order valence-corrected chi connectivity index (χ0v) is 15.0. The Bertz CT molecular complexity index is 855. The number of imidazole rings is 1. The van der Waals surface area contributed by atoms with E-state index in [9.17, 15) is 9.59 Å². The number of aromatic amines is 1.